The number of nitrogens with zero attached hydrogens (tertiary/aromatic N) is 1. The summed E-state index contributed by atoms with van der Waals surface area (Å²) in [5.41, 5.74) is 22.7. The minimum absolute atomic E-state index is 0.484. The van der Waals surface area contributed by atoms with Crippen LogP contribution in [0.1, 0.15) is 22.3 Å². The van der Waals surface area contributed by atoms with Crippen molar-refractivity contribution < 1.29 is 0 Å². The minimum atomic E-state index is -0.484. The van der Waals surface area contributed by atoms with Crippen LogP contribution >= 0.6 is 0 Å². The molecule has 0 aromatic heterocycles. The number of fused-ring (bicyclic) bond motifs is 11. The van der Waals surface area contributed by atoms with Gasteiger partial charge in [0.1, 0.15) is 0 Å². The van der Waals surface area contributed by atoms with E-state index < -0.39 is 5.41 Å². The van der Waals surface area contributed by atoms with E-state index in [4.69, 9.17) is 0 Å². The van der Waals surface area contributed by atoms with Crippen molar-refractivity contribution in [2.45, 2.75) is 5.41 Å². The second-order valence-electron chi connectivity index (χ2n) is 17.5. The maximum absolute atomic E-state index is 2.53. The molecular formula is C65H43N. The number of hydrogen-bond donors (Lipinski definition) is 0. The Hall–Kier alpha value is -8.52. The van der Waals surface area contributed by atoms with E-state index in [1.807, 2.05) is 0 Å². The summed E-state index contributed by atoms with van der Waals surface area (Å²) in [5, 5.41) is 2.47. The lowest BCUT2D eigenvalue weighted by atomic mass is 9.70. The summed E-state index contributed by atoms with van der Waals surface area (Å²) < 4.78 is 0. The largest absolute Gasteiger partial charge is 0.310 e. The Balaban J connectivity index is 1.11. The van der Waals surface area contributed by atoms with Gasteiger partial charge in [0.05, 0.1) is 11.1 Å². The first-order chi connectivity index (χ1) is 32.8. The summed E-state index contributed by atoms with van der Waals surface area (Å²) in [4.78, 5) is 2.53. The number of hydrogen-bond acceptors (Lipinski definition) is 1. The molecule has 1 nitrogen and oxygen atoms in total. The Morgan fingerprint density at radius 1 is 0.242 bits per heavy atom. The van der Waals surface area contributed by atoms with E-state index in [2.05, 4.69) is 266 Å². The Kier molecular flexibility index (Phi) is 8.82. The summed E-state index contributed by atoms with van der Waals surface area (Å²) in [5.74, 6) is 0. The third-order valence-electron chi connectivity index (χ3n) is 14.1. The lowest BCUT2D eigenvalue weighted by molar-refractivity contribution is 0.793. The van der Waals surface area contributed by atoms with Crippen molar-refractivity contribution in [2.24, 2.45) is 0 Å². The summed E-state index contributed by atoms with van der Waals surface area (Å²) >= 11 is 0. The molecule has 0 aliphatic heterocycles. The molecule has 0 amide bonds. The zero-order valence-electron chi connectivity index (χ0n) is 36.3. The third kappa shape index (κ3) is 5.80. The molecule has 13 rings (SSSR count). The molecule has 2 aliphatic carbocycles. The van der Waals surface area contributed by atoms with Crippen molar-refractivity contribution in [2.75, 3.05) is 4.90 Å². The van der Waals surface area contributed by atoms with E-state index in [0.29, 0.717) is 0 Å². The van der Waals surface area contributed by atoms with Gasteiger partial charge in [0.15, 0.2) is 0 Å². The molecule has 0 fully saturated rings. The summed E-state index contributed by atoms with van der Waals surface area (Å²) in [6, 6.07) is 96.5. The highest BCUT2D eigenvalue weighted by molar-refractivity contribution is 6.03. The zero-order chi connectivity index (χ0) is 43.6. The second kappa shape index (κ2) is 15.3. The first kappa shape index (κ1) is 38.0. The van der Waals surface area contributed by atoms with E-state index in [1.165, 1.54) is 94.2 Å². The fourth-order valence-electron chi connectivity index (χ4n) is 11.3. The smallest absolute Gasteiger partial charge is 0.0726 e. The Morgan fingerprint density at radius 2 is 0.712 bits per heavy atom. The van der Waals surface area contributed by atoms with Gasteiger partial charge in [-0.05, 0) is 131 Å². The van der Waals surface area contributed by atoms with Crippen molar-refractivity contribution >= 4 is 27.8 Å². The highest BCUT2D eigenvalue weighted by Gasteiger charge is 2.51. The van der Waals surface area contributed by atoms with Gasteiger partial charge in [-0.15, -0.1) is 0 Å². The van der Waals surface area contributed by atoms with Crippen LogP contribution in [0.5, 0.6) is 0 Å². The van der Waals surface area contributed by atoms with Crippen molar-refractivity contribution in [1.82, 2.24) is 0 Å². The molecule has 11 aromatic carbocycles. The van der Waals surface area contributed by atoms with Crippen LogP contribution in [0.15, 0.2) is 261 Å². The number of benzene rings is 11. The monoisotopic (exact) mass is 837 g/mol. The SMILES string of the molecule is c1ccc(-c2ccccc2-c2c(-c3ccccc3)cccc2N(c2cccc(-c3ccc4ccccc4c3)c2)c2ccc3c(c2)C2(c4ccccc4-c4ccccc42)c2ccccc2-3)cc1. The Bertz CT molecular complexity index is 3590. The van der Waals surface area contributed by atoms with E-state index in [0.717, 1.165) is 22.6 Å². The van der Waals surface area contributed by atoms with Gasteiger partial charge in [-0.2, -0.15) is 0 Å². The molecule has 0 saturated heterocycles. The lowest BCUT2D eigenvalue weighted by Crippen LogP contribution is -2.26. The third-order valence-corrected chi connectivity index (χ3v) is 14.1. The quantitative estimate of drug-likeness (QED) is 0.155. The zero-order valence-corrected chi connectivity index (χ0v) is 36.3. The molecule has 0 atom stereocenters. The molecule has 308 valence electrons. The van der Waals surface area contributed by atoms with Crippen molar-refractivity contribution in [3.8, 4) is 66.8 Å². The molecule has 11 aromatic rings. The van der Waals surface area contributed by atoms with E-state index in [-0.39, 0.29) is 0 Å². The van der Waals surface area contributed by atoms with E-state index in [9.17, 15) is 0 Å². The van der Waals surface area contributed by atoms with Crippen LogP contribution in [0.2, 0.25) is 0 Å². The molecular weight excluding hydrogens is 795 g/mol. The van der Waals surface area contributed by atoms with Gasteiger partial charge in [0.25, 0.3) is 0 Å². The number of rotatable bonds is 7. The van der Waals surface area contributed by atoms with Gasteiger partial charge in [-0.3, -0.25) is 0 Å². The summed E-state index contributed by atoms with van der Waals surface area (Å²) in [6.45, 7) is 0. The van der Waals surface area contributed by atoms with Crippen molar-refractivity contribution in [3.63, 3.8) is 0 Å². The van der Waals surface area contributed by atoms with Crippen LogP contribution in [0.3, 0.4) is 0 Å². The topological polar surface area (TPSA) is 3.24 Å². The van der Waals surface area contributed by atoms with Crippen LogP contribution in [0.25, 0.3) is 77.5 Å². The molecule has 0 N–H and O–H groups in total. The van der Waals surface area contributed by atoms with Crippen LogP contribution in [0, 0.1) is 0 Å². The van der Waals surface area contributed by atoms with Crippen LogP contribution in [-0.4, -0.2) is 0 Å². The molecule has 0 unspecified atom stereocenters. The van der Waals surface area contributed by atoms with Gasteiger partial charge in [0, 0.05) is 16.9 Å². The Morgan fingerprint density at radius 3 is 1.38 bits per heavy atom. The van der Waals surface area contributed by atoms with Gasteiger partial charge in [-0.25, -0.2) is 0 Å². The predicted octanol–water partition coefficient (Wildman–Crippen LogP) is 17.3. The molecule has 1 heteroatoms. The molecule has 0 bridgehead atoms. The molecule has 1 spiro atoms. The number of anilines is 3. The highest BCUT2D eigenvalue weighted by atomic mass is 15.1. The first-order valence-electron chi connectivity index (χ1n) is 22.9. The summed E-state index contributed by atoms with van der Waals surface area (Å²) in [7, 11) is 0. The Labute approximate surface area is 386 Å². The lowest BCUT2D eigenvalue weighted by Gasteiger charge is -2.33. The van der Waals surface area contributed by atoms with Gasteiger partial charge < -0.3 is 4.90 Å². The molecule has 2 aliphatic rings. The molecule has 0 saturated carbocycles. The van der Waals surface area contributed by atoms with Gasteiger partial charge >= 0.3 is 0 Å². The maximum Gasteiger partial charge on any atom is 0.0726 e. The fraction of sp³-hybridized carbons (Fsp3) is 0.0154. The van der Waals surface area contributed by atoms with Crippen molar-refractivity contribution in [1.29, 1.82) is 0 Å². The van der Waals surface area contributed by atoms with Crippen LogP contribution in [-0.2, 0) is 5.41 Å². The van der Waals surface area contributed by atoms with Crippen molar-refractivity contribution in [3.05, 3.63) is 283 Å². The standard InChI is InChI=1S/C65H43N/c1-3-20-45(21-4-1)52-27-9-10-31-58(52)64-53(46-22-5-2-6-23-46)32-18-36-63(64)66(50-26-17-25-48(42-50)49-38-37-44-19-7-8-24-47(44)41-49)51-39-40-57-56-30-13-16-35-61(56)65(62(57)43-51)59-33-14-11-28-54(59)55-29-12-15-34-60(55)65/h1-43H. The maximum atomic E-state index is 2.53. The van der Waals surface area contributed by atoms with Gasteiger partial charge in [0.2, 0.25) is 0 Å². The molecule has 66 heavy (non-hydrogen) atoms. The van der Waals surface area contributed by atoms with Gasteiger partial charge in [-0.1, -0.05) is 224 Å². The first-order valence-corrected chi connectivity index (χ1v) is 22.9. The predicted molar refractivity (Wildman–Crippen MR) is 277 cm³/mol. The van der Waals surface area contributed by atoms with Crippen LogP contribution < -0.4 is 4.90 Å². The fourth-order valence-corrected chi connectivity index (χ4v) is 11.3. The van der Waals surface area contributed by atoms with Crippen LogP contribution in [0.4, 0.5) is 17.1 Å². The second-order valence-corrected chi connectivity index (χ2v) is 17.5. The highest BCUT2D eigenvalue weighted by Crippen LogP contribution is 2.63. The molecule has 0 heterocycles. The normalized spacial score (nSPS) is 12.7. The van der Waals surface area contributed by atoms with E-state index in [1.54, 1.807) is 0 Å². The average Bonchev–Trinajstić information content (AvgIpc) is 3.86. The minimum Gasteiger partial charge on any atom is -0.310 e. The summed E-state index contributed by atoms with van der Waals surface area (Å²) in [6.07, 6.45) is 0. The average molecular weight is 838 g/mol. The van der Waals surface area contributed by atoms with E-state index >= 15 is 0 Å². The molecule has 0 radical (unpaired) electrons.